The molecule has 0 spiro atoms. The molecular weight excluding hydrogens is 408 g/mol. The number of aryl methyl sites for hydroxylation is 1. The van der Waals surface area contributed by atoms with Gasteiger partial charge in [-0.15, -0.1) is 0 Å². The molecule has 166 valence electrons. The molecule has 0 aliphatic heterocycles. The summed E-state index contributed by atoms with van der Waals surface area (Å²) in [6, 6.07) is 28.2. The van der Waals surface area contributed by atoms with E-state index in [1.54, 1.807) is 6.07 Å². The fourth-order valence-corrected chi connectivity index (χ4v) is 5.01. The van der Waals surface area contributed by atoms with Crippen LogP contribution in [0.5, 0.6) is 0 Å². The van der Waals surface area contributed by atoms with E-state index < -0.39 is 0 Å². The van der Waals surface area contributed by atoms with Gasteiger partial charge in [0.2, 0.25) is 5.91 Å². The summed E-state index contributed by atoms with van der Waals surface area (Å²) in [5.74, 6) is 2.13. The van der Waals surface area contributed by atoms with Crippen molar-refractivity contribution in [1.82, 2.24) is 4.98 Å². The number of carbonyl (C=O) groups is 1. The summed E-state index contributed by atoms with van der Waals surface area (Å²) in [6.07, 6.45) is 5.40. The average molecular weight is 437 g/mol. The van der Waals surface area contributed by atoms with Gasteiger partial charge < -0.3 is 10.2 Å². The topological polar surface area (TPSA) is 69.1 Å². The van der Waals surface area contributed by atoms with E-state index in [1.165, 1.54) is 12.8 Å². The van der Waals surface area contributed by atoms with Gasteiger partial charge in [0, 0.05) is 22.6 Å². The Labute approximate surface area is 194 Å². The van der Waals surface area contributed by atoms with E-state index in [1.807, 2.05) is 48.5 Å². The highest BCUT2D eigenvalue weighted by molar-refractivity contribution is 5.92. The van der Waals surface area contributed by atoms with Crippen LogP contribution in [0.15, 0.2) is 89.3 Å². The summed E-state index contributed by atoms with van der Waals surface area (Å²) < 4.78 is 6.50. The first-order chi connectivity index (χ1) is 16.2. The lowest BCUT2D eigenvalue weighted by atomic mass is 9.89. The van der Waals surface area contributed by atoms with Crippen LogP contribution < -0.4 is 5.73 Å². The van der Waals surface area contributed by atoms with Crippen LogP contribution in [0, 0.1) is 5.92 Å². The van der Waals surface area contributed by atoms with Crippen LogP contribution in [0.25, 0.3) is 22.6 Å². The fourth-order valence-electron chi connectivity index (χ4n) is 5.01. The third-order valence-corrected chi connectivity index (χ3v) is 6.72. The van der Waals surface area contributed by atoms with Gasteiger partial charge in [0.25, 0.3) is 0 Å². The number of nitrogens with two attached hydrogens (primary N) is 1. The molecule has 2 N–H and O–H groups in total. The van der Waals surface area contributed by atoms with Crippen LogP contribution in [-0.2, 0) is 6.42 Å². The van der Waals surface area contributed by atoms with Crippen LogP contribution in [0.1, 0.15) is 53.4 Å². The molecule has 1 fully saturated rings. The molecule has 1 aliphatic carbocycles. The predicted molar refractivity (Wildman–Crippen MR) is 131 cm³/mol. The molecule has 1 heterocycles. The van der Waals surface area contributed by atoms with Gasteiger partial charge in [-0.2, -0.15) is 0 Å². The van der Waals surface area contributed by atoms with Crippen molar-refractivity contribution in [3.8, 4) is 22.6 Å². The molecule has 2 unspecified atom stereocenters. The first-order valence-electron chi connectivity index (χ1n) is 11.7. The van der Waals surface area contributed by atoms with E-state index in [9.17, 15) is 4.79 Å². The fraction of sp³-hybridized carbons (Fsp3) is 0.241. The van der Waals surface area contributed by atoms with Gasteiger partial charge in [0.15, 0.2) is 11.7 Å². The first kappa shape index (κ1) is 21.2. The Bertz CT molecular complexity index is 1170. The maximum atomic E-state index is 11.5. The number of oxazole rings is 1. The third kappa shape index (κ3) is 4.61. The van der Waals surface area contributed by atoms with Gasteiger partial charge in [0.05, 0.1) is 0 Å². The molecular formula is C29H28N2O2. The Morgan fingerprint density at radius 2 is 1.64 bits per heavy atom. The summed E-state index contributed by atoms with van der Waals surface area (Å²) in [7, 11) is 0. The Morgan fingerprint density at radius 3 is 2.36 bits per heavy atom. The minimum Gasteiger partial charge on any atom is -0.440 e. The van der Waals surface area contributed by atoms with Crippen molar-refractivity contribution in [2.24, 2.45) is 11.7 Å². The number of rotatable bonds is 7. The summed E-state index contributed by atoms with van der Waals surface area (Å²) in [5, 5.41) is 0. The van der Waals surface area contributed by atoms with Crippen LogP contribution in [0.2, 0.25) is 0 Å². The maximum absolute atomic E-state index is 11.5. The second kappa shape index (κ2) is 9.45. The second-order valence-corrected chi connectivity index (χ2v) is 8.86. The zero-order chi connectivity index (χ0) is 22.6. The van der Waals surface area contributed by atoms with Gasteiger partial charge in [0.1, 0.15) is 5.69 Å². The van der Waals surface area contributed by atoms with Crippen molar-refractivity contribution in [3.63, 3.8) is 0 Å². The monoisotopic (exact) mass is 436 g/mol. The van der Waals surface area contributed by atoms with E-state index in [2.05, 4.69) is 30.3 Å². The highest BCUT2D eigenvalue weighted by Gasteiger charge is 2.33. The quantitative estimate of drug-likeness (QED) is 0.354. The molecule has 3 aromatic carbocycles. The molecule has 1 aromatic heterocycles. The highest BCUT2D eigenvalue weighted by Crippen LogP contribution is 2.44. The summed E-state index contributed by atoms with van der Waals surface area (Å²) in [5.41, 5.74) is 10.2. The average Bonchev–Trinajstić information content (AvgIpc) is 3.51. The van der Waals surface area contributed by atoms with Gasteiger partial charge in [-0.05, 0) is 49.3 Å². The Kier molecular flexibility index (Phi) is 6.07. The number of primary amides is 1. The standard InChI is InChI=1S/C29H28N2O2/c30-28(32)24-15-7-9-20(19-24)17-18-21-14-8-16-25(21)29-31-26(22-10-3-1-4-11-22)27(33-29)23-12-5-2-6-13-23/h1-7,9-13,15,19,21,25H,8,14,16-18H2,(H2,30,32). The van der Waals surface area contributed by atoms with Crippen molar-refractivity contribution in [1.29, 1.82) is 0 Å². The largest absolute Gasteiger partial charge is 0.440 e. The molecule has 0 bridgehead atoms. The summed E-state index contributed by atoms with van der Waals surface area (Å²) >= 11 is 0. The second-order valence-electron chi connectivity index (χ2n) is 8.86. The van der Waals surface area contributed by atoms with Crippen molar-refractivity contribution in [2.75, 3.05) is 0 Å². The van der Waals surface area contributed by atoms with E-state index in [-0.39, 0.29) is 5.91 Å². The molecule has 4 aromatic rings. The van der Waals surface area contributed by atoms with Crippen LogP contribution >= 0.6 is 0 Å². The van der Waals surface area contributed by atoms with Gasteiger partial charge in [-0.25, -0.2) is 4.98 Å². The molecule has 1 saturated carbocycles. The zero-order valence-corrected chi connectivity index (χ0v) is 18.6. The molecule has 33 heavy (non-hydrogen) atoms. The first-order valence-corrected chi connectivity index (χ1v) is 11.7. The number of hydrogen-bond donors (Lipinski definition) is 1. The normalized spacial score (nSPS) is 17.8. The van der Waals surface area contributed by atoms with E-state index in [4.69, 9.17) is 15.1 Å². The van der Waals surface area contributed by atoms with E-state index in [0.29, 0.717) is 17.4 Å². The predicted octanol–water partition coefficient (Wildman–Crippen LogP) is 6.62. The summed E-state index contributed by atoms with van der Waals surface area (Å²) in [4.78, 5) is 16.6. The van der Waals surface area contributed by atoms with Gasteiger partial charge in [-0.1, -0.05) is 79.2 Å². The van der Waals surface area contributed by atoms with Gasteiger partial charge >= 0.3 is 0 Å². The van der Waals surface area contributed by atoms with Crippen molar-refractivity contribution in [2.45, 2.75) is 38.0 Å². The van der Waals surface area contributed by atoms with Crippen molar-refractivity contribution >= 4 is 5.91 Å². The Morgan fingerprint density at radius 1 is 0.909 bits per heavy atom. The third-order valence-electron chi connectivity index (χ3n) is 6.72. The molecule has 4 heteroatoms. The van der Waals surface area contributed by atoms with Crippen LogP contribution in [-0.4, -0.2) is 10.9 Å². The van der Waals surface area contributed by atoms with Crippen LogP contribution in [0.4, 0.5) is 0 Å². The van der Waals surface area contributed by atoms with E-state index >= 15 is 0 Å². The van der Waals surface area contributed by atoms with Crippen molar-refractivity contribution < 1.29 is 9.21 Å². The van der Waals surface area contributed by atoms with Gasteiger partial charge in [-0.3, -0.25) is 4.79 Å². The zero-order valence-electron chi connectivity index (χ0n) is 18.6. The molecule has 1 amide bonds. The van der Waals surface area contributed by atoms with E-state index in [0.717, 1.165) is 53.3 Å². The van der Waals surface area contributed by atoms with Crippen molar-refractivity contribution in [3.05, 3.63) is 102 Å². The number of aromatic nitrogens is 1. The Hall–Kier alpha value is -3.66. The molecule has 2 atom stereocenters. The molecule has 0 saturated heterocycles. The lowest BCUT2D eigenvalue weighted by Crippen LogP contribution is -2.11. The number of hydrogen-bond acceptors (Lipinski definition) is 3. The smallest absolute Gasteiger partial charge is 0.248 e. The number of benzene rings is 3. The highest BCUT2D eigenvalue weighted by atomic mass is 16.4. The minimum atomic E-state index is -0.378. The Balaban J connectivity index is 1.42. The lowest BCUT2D eigenvalue weighted by Gasteiger charge is -2.16. The number of carbonyl (C=O) groups excluding carboxylic acids is 1. The maximum Gasteiger partial charge on any atom is 0.248 e. The van der Waals surface area contributed by atoms with Crippen LogP contribution in [0.3, 0.4) is 0 Å². The molecule has 4 nitrogen and oxygen atoms in total. The minimum absolute atomic E-state index is 0.309. The lowest BCUT2D eigenvalue weighted by molar-refractivity contribution is 0.1000. The summed E-state index contributed by atoms with van der Waals surface area (Å²) in [6.45, 7) is 0. The molecule has 5 rings (SSSR count). The number of amides is 1. The molecule has 1 aliphatic rings. The molecule has 0 radical (unpaired) electrons. The SMILES string of the molecule is NC(=O)c1cccc(CCC2CCCC2c2nc(-c3ccccc3)c(-c3ccccc3)o2)c1. The number of nitrogens with zero attached hydrogens (tertiary/aromatic N) is 1.